The van der Waals surface area contributed by atoms with Gasteiger partial charge in [0.1, 0.15) is 6.10 Å². The van der Waals surface area contributed by atoms with Crippen LogP contribution in [0.4, 0.5) is 4.79 Å². The van der Waals surface area contributed by atoms with Crippen molar-refractivity contribution in [2.75, 3.05) is 6.61 Å². The van der Waals surface area contributed by atoms with Crippen LogP contribution in [0.3, 0.4) is 0 Å². The number of nitrogens with one attached hydrogen (secondary N) is 1. The zero-order valence-electron chi connectivity index (χ0n) is 8.22. The monoisotopic (exact) mass is 207 g/mol. The summed E-state index contributed by atoms with van der Waals surface area (Å²) in [6.07, 6.45) is -0.273. The van der Waals surface area contributed by atoms with Gasteiger partial charge in [0, 0.05) is 0 Å². The van der Waals surface area contributed by atoms with Crippen LogP contribution < -0.4 is 5.32 Å². The second-order valence-electron chi connectivity index (χ2n) is 3.62. The molecule has 1 unspecified atom stereocenters. The molecule has 1 aromatic rings. The van der Waals surface area contributed by atoms with Crippen LogP contribution in [0.5, 0.6) is 0 Å². The van der Waals surface area contributed by atoms with E-state index < -0.39 is 6.09 Å². The van der Waals surface area contributed by atoms with Crippen molar-refractivity contribution in [3.8, 4) is 0 Å². The van der Waals surface area contributed by atoms with Crippen molar-refractivity contribution in [3.63, 3.8) is 0 Å². The maximum atomic E-state index is 10.6. The predicted molar refractivity (Wildman–Crippen MR) is 54.8 cm³/mol. The Bertz CT molecular complexity index is 335. The average Bonchev–Trinajstić information content (AvgIpc) is 3.01. The zero-order valence-corrected chi connectivity index (χ0v) is 8.22. The van der Waals surface area contributed by atoms with Crippen molar-refractivity contribution in [2.45, 2.75) is 18.6 Å². The zero-order chi connectivity index (χ0) is 10.7. The number of benzene rings is 1. The molecule has 4 heteroatoms. The van der Waals surface area contributed by atoms with E-state index in [9.17, 15) is 4.79 Å². The molecule has 0 radical (unpaired) electrons. The average molecular weight is 207 g/mol. The largest absolute Gasteiger partial charge is 0.465 e. The minimum absolute atomic E-state index is 0.0429. The van der Waals surface area contributed by atoms with E-state index in [1.165, 1.54) is 0 Å². The summed E-state index contributed by atoms with van der Waals surface area (Å²) in [5.74, 6) is 0. The molecule has 2 rings (SSSR count). The van der Waals surface area contributed by atoms with Crippen LogP contribution in [0.15, 0.2) is 30.3 Å². The molecule has 0 bridgehead atoms. The van der Waals surface area contributed by atoms with Crippen LogP contribution in [0.1, 0.15) is 5.56 Å². The Morgan fingerprint density at radius 1 is 1.53 bits per heavy atom. The Morgan fingerprint density at radius 2 is 2.20 bits per heavy atom. The predicted octanol–water partition coefficient (Wildman–Crippen LogP) is 1.26. The summed E-state index contributed by atoms with van der Waals surface area (Å²) in [6.45, 7) is 0.651. The van der Waals surface area contributed by atoms with Gasteiger partial charge in [-0.1, -0.05) is 30.3 Å². The second kappa shape index (κ2) is 4.31. The summed E-state index contributed by atoms with van der Waals surface area (Å²) in [5, 5.41) is 11.2. The molecule has 4 nitrogen and oxygen atoms in total. The van der Waals surface area contributed by atoms with E-state index in [0.29, 0.717) is 13.0 Å². The lowest BCUT2D eigenvalue weighted by atomic mass is 10.0. The fraction of sp³-hybridized carbons (Fsp3) is 0.364. The molecule has 1 saturated heterocycles. The van der Waals surface area contributed by atoms with E-state index in [1.54, 1.807) is 0 Å². The van der Waals surface area contributed by atoms with Gasteiger partial charge in [-0.05, 0) is 12.0 Å². The van der Waals surface area contributed by atoms with Crippen molar-refractivity contribution in [3.05, 3.63) is 35.9 Å². The highest BCUT2D eigenvalue weighted by atomic mass is 16.6. The Balaban J connectivity index is 1.97. The molecule has 0 aliphatic carbocycles. The molecule has 15 heavy (non-hydrogen) atoms. The maximum Gasteiger partial charge on any atom is 0.404 e. The van der Waals surface area contributed by atoms with Crippen LogP contribution in [-0.2, 0) is 11.2 Å². The van der Waals surface area contributed by atoms with Gasteiger partial charge >= 0.3 is 6.09 Å². The molecule has 2 atom stereocenters. The van der Waals surface area contributed by atoms with E-state index >= 15 is 0 Å². The summed E-state index contributed by atoms with van der Waals surface area (Å²) in [4.78, 5) is 10.6. The van der Waals surface area contributed by atoms with Crippen molar-refractivity contribution < 1.29 is 14.6 Å². The number of carbonyl (C=O) groups is 1. The van der Waals surface area contributed by atoms with Gasteiger partial charge in [0.15, 0.2) is 0 Å². The lowest BCUT2D eigenvalue weighted by molar-refractivity contribution is 0.186. The van der Waals surface area contributed by atoms with Gasteiger partial charge in [0.05, 0.1) is 12.6 Å². The van der Waals surface area contributed by atoms with Gasteiger partial charge < -0.3 is 15.2 Å². The first-order valence-corrected chi connectivity index (χ1v) is 4.90. The molecule has 1 heterocycles. The normalized spacial score (nSPS) is 20.7. The first kappa shape index (κ1) is 9.98. The maximum absolute atomic E-state index is 10.6. The van der Waals surface area contributed by atoms with Crippen molar-refractivity contribution >= 4 is 6.09 Å². The third-order valence-corrected chi connectivity index (χ3v) is 2.42. The van der Waals surface area contributed by atoms with Gasteiger partial charge in [-0.2, -0.15) is 0 Å². The Kier molecular flexibility index (Phi) is 2.87. The molecule has 1 fully saturated rings. The molecule has 1 aromatic carbocycles. The molecule has 0 saturated carbocycles. The Labute approximate surface area is 87.9 Å². The van der Waals surface area contributed by atoms with Gasteiger partial charge in [0.2, 0.25) is 0 Å². The van der Waals surface area contributed by atoms with Gasteiger partial charge in [0.25, 0.3) is 0 Å². The van der Waals surface area contributed by atoms with E-state index in [-0.39, 0.29) is 12.1 Å². The lowest BCUT2D eigenvalue weighted by Crippen LogP contribution is -2.39. The summed E-state index contributed by atoms with van der Waals surface area (Å²) in [7, 11) is 0. The van der Waals surface area contributed by atoms with Gasteiger partial charge in [-0.25, -0.2) is 4.79 Å². The van der Waals surface area contributed by atoms with E-state index in [0.717, 1.165) is 5.56 Å². The lowest BCUT2D eigenvalue weighted by Gasteiger charge is -2.14. The number of hydrogen-bond acceptors (Lipinski definition) is 2. The molecular weight excluding hydrogens is 194 g/mol. The fourth-order valence-electron chi connectivity index (χ4n) is 1.59. The third-order valence-electron chi connectivity index (χ3n) is 2.42. The number of carboxylic acid groups (broad SMARTS) is 1. The SMILES string of the molecule is O=C(O)NC(Cc1ccccc1)[C@H]1CO1. The molecule has 1 amide bonds. The number of hydrogen-bond donors (Lipinski definition) is 2. The minimum atomic E-state index is -0.994. The number of epoxide rings is 1. The van der Waals surface area contributed by atoms with Gasteiger partial charge in [-0.3, -0.25) is 0 Å². The van der Waals surface area contributed by atoms with Crippen LogP contribution >= 0.6 is 0 Å². The van der Waals surface area contributed by atoms with E-state index in [4.69, 9.17) is 9.84 Å². The van der Waals surface area contributed by atoms with E-state index in [1.807, 2.05) is 30.3 Å². The highest BCUT2D eigenvalue weighted by Gasteiger charge is 2.33. The van der Waals surface area contributed by atoms with Crippen LogP contribution in [0, 0.1) is 0 Å². The summed E-state index contributed by atoms with van der Waals surface area (Å²) in [5.41, 5.74) is 1.12. The fourth-order valence-corrected chi connectivity index (χ4v) is 1.59. The minimum Gasteiger partial charge on any atom is -0.465 e. The highest BCUT2D eigenvalue weighted by Crippen LogP contribution is 2.17. The van der Waals surface area contributed by atoms with Crippen LogP contribution in [0.2, 0.25) is 0 Å². The highest BCUT2D eigenvalue weighted by molar-refractivity contribution is 5.65. The standard InChI is InChI=1S/C11H13NO3/c13-11(14)12-9(10-7-15-10)6-8-4-2-1-3-5-8/h1-5,9-10,12H,6-7H2,(H,13,14)/t9?,10-/m1/s1. The quantitative estimate of drug-likeness (QED) is 0.731. The summed E-state index contributed by atoms with van der Waals surface area (Å²) >= 11 is 0. The first-order chi connectivity index (χ1) is 7.25. The van der Waals surface area contributed by atoms with E-state index in [2.05, 4.69) is 5.32 Å². The first-order valence-electron chi connectivity index (χ1n) is 4.90. The summed E-state index contributed by atoms with van der Waals surface area (Å²) < 4.78 is 5.12. The topological polar surface area (TPSA) is 61.9 Å². The second-order valence-corrected chi connectivity index (χ2v) is 3.62. The van der Waals surface area contributed by atoms with Crippen LogP contribution in [-0.4, -0.2) is 30.0 Å². The Morgan fingerprint density at radius 3 is 2.73 bits per heavy atom. The Hall–Kier alpha value is -1.55. The molecule has 80 valence electrons. The smallest absolute Gasteiger partial charge is 0.404 e. The number of ether oxygens (including phenoxy) is 1. The van der Waals surface area contributed by atoms with Crippen molar-refractivity contribution in [2.24, 2.45) is 0 Å². The van der Waals surface area contributed by atoms with Crippen LogP contribution in [0.25, 0.3) is 0 Å². The van der Waals surface area contributed by atoms with Gasteiger partial charge in [-0.15, -0.1) is 0 Å². The van der Waals surface area contributed by atoms with Crippen molar-refractivity contribution in [1.29, 1.82) is 0 Å². The number of rotatable bonds is 4. The molecular formula is C11H13NO3. The molecule has 1 aliphatic heterocycles. The molecule has 1 aliphatic rings. The number of amides is 1. The third kappa shape index (κ3) is 2.95. The molecule has 2 N–H and O–H groups in total. The summed E-state index contributed by atoms with van der Waals surface area (Å²) in [6, 6.07) is 9.67. The van der Waals surface area contributed by atoms with Crippen molar-refractivity contribution in [1.82, 2.24) is 5.32 Å². The molecule has 0 spiro atoms. The molecule has 0 aromatic heterocycles.